The number of halogens is 1. The van der Waals surface area contributed by atoms with Crippen LogP contribution in [0.4, 0.5) is 0 Å². The van der Waals surface area contributed by atoms with Crippen molar-refractivity contribution in [2.75, 3.05) is 0 Å². The van der Waals surface area contributed by atoms with E-state index in [1.807, 2.05) is 6.07 Å². The Kier molecular flexibility index (Phi) is 3.62. The van der Waals surface area contributed by atoms with Gasteiger partial charge in [-0.25, -0.2) is 9.68 Å². The van der Waals surface area contributed by atoms with Crippen LogP contribution in [0.5, 0.6) is 5.75 Å². The van der Waals surface area contributed by atoms with Crippen LogP contribution < -0.4 is 4.89 Å². The summed E-state index contributed by atoms with van der Waals surface area (Å²) in [6, 6.07) is 15.2. The van der Waals surface area contributed by atoms with Gasteiger partial charge in [0.2, 0.25) is 0 Å². The topological polar surface area (TPSA) is 35.5 Å². The number of rotatable bonds is 3. The highest BCUT2D eigenvalue weighted by Crippen LogP contribution is 2.17. The van der Waals surface area contributed by atoms with Crippen LogP contribution in [0.2, 0.25) is 5.02 Å². The van der Waals surface area contributed by atoms with Crippen molar-refractivity contribution < 1.29 is 14.6 Å². The lowest BCUT2D eigenvalue weighted by Crippen LogP contribution is -2.08. The number of benzene rings is 2. The molecular formula is C13H9ClO3. The number of carbonyl (C=O) groups is 1. The fourth-order valence-electron chi connectivity index (χ4n) is 1.23. The van der Waals surface area contributed by atoms with Crippen molar-refractivity contribution in [3.63, 3.8) is 0 Å². The number of hydrogen-bond acceptors (Lipinski definition) is 3. The summed E-state index contributed by atoms with van der Waals surface area (Å²) >= 11 is 5.76. The van der Waals surface area contributed by atoms with Gasteiger partial charge in [0.15, 0.2) is 5.75 Å². The van der Waals surface area contributed by atoms with E-state index in [2.05, 4.69) is 4.89 Å². The maximum absolute atomic E-state index is 11.5. The predicted octanol–water partition coefficient (Wildman–Crippen LogP) is 3.49. The summed E-state index contributed by atoms with van der Waals surface area (Å²) < 4.78 is 0. The Morgan fingerprint density at radius 1 is 1.00 bits per heavy atom. The molecule has 0 atom stereocenters. The summed E-state index contributed by atoms with van der Waals surface area (Å²) in [5.41, 5.74) is 0.425. The Balaban J connectivity index is 1.97. The molecule has 0 aromatic heterocycles. The van der Waals surface area contributed by atoms with Crippen molar-refractivity contribution in [1.82, 2.24) is 0 Å². The molecule has 0 saturated carbocycles. The molecule has 0 heterocycles. The van der Waals surface area contributed by atoms with Crippen molar-refractivity contribution in [3.05, 3.63) is 65.2 Å². The maximum atomic E-state index is 11.5. The summed E-state index contributed by atoms with van der Waals surface area (Å²) in [5, 5.41) is 0.512. The van der Waals surface area contributed by atoms with Crippen LogP contribution in [-0.4, -0.2) is 5.97 Å². The lowest BCUT2D eigenvalue weighted by atomic mass is 10.2. The summed E-state index contributed by atoms with van der Waals surface area (Å²) in [7, 11) is 0. The largest absolute Gasteiger partial charge is 0.386 e. The monoisotopic (exact) mass is 248 g/mol. The van der Waals surface area contributed by atoms with Gasteiger partial charge in [-0.3, -0.25) is 4.89 Å². The first-order valence-corrected chi connectivity index (χ1v) is 5.33. The second-order valence-electron chi connectivity index (χ2n) is 3.28. The van der Waals surface area contributed by atoms with Crippen LogP contribution in [-0.2, 0) is 4.89 Å². The molecule has 0 spiro atoms. The Bertz CT molecular complexity index is 511. The average molecular weight is 249 g/mol. The molecule has 86 valence electrons. The second kappa shape index (κ2) is 5.37. The first-order valence-electron chi connectivity index (χ1n) is 4.95. The van der Waals surface area contributed by atoms with Gasteiger partial charge < -0.3 is 0 Å². The quantitative estimate of drug-likeness (QED) is 0.616. The van der Waals surface area contributed by atoms with Gasteiger partial charge in [-0.15, -0.1) is 0 Å². The lowest BCUT2D eigenvalue weighted by molar-refractivity contribution is -0.149. The molecule has 2 aromatic rings. The van der Waals surface area contributed by atoms with E-state index in [0.29, 0.717) is 16.3 Å². The summed E-state index contributed by atoms with van der Waals surface area (Å²) in [6.45, 7) is 0. The molecule has 0 aliphatic heterocycles. The van der Waals surface area contributed by atoms with Gasteiger partial charge in [0.05, 0.1) is 5.56 Å². The molecule has 0 bridgehead atoms. The second-order valence-corrected chi connectivity index (χ2v) is 3.71. The van der Waals surface area contributed by atoms with Crippen molar-refractivity contribution in [3.8, 4) is 5.75 Å². The van der Waals surface area contributed by atoms with Crippen LogP contribution in [0.15, 0.2) is 54.6 Å². The summed E-state index contributed by atoms with van der Waals surface area (Å²) in [4.78, 5) is 21.1. The molecule has 0 fully saturated rings. The van der Waals surface area contributed by atoms with Gasteiger partial charge >= 0.3 is 5.97 Å². The third-order valence-corrected chi connectivity index (χ3v) is 2.25. The molecule has 0 aliphatic carbocycles. The molecule has 0 unspecified atom stereocenters. The molecule has 2 aromatic carbocycles. The molecular weight excluding hydrogens is 240 g/mol. The van der Waals surface area contributed by atoms with E-state index < -0.39 is 5.97 Å². The van der Waals surface area contributed by atoms with Gasteiger partial charge in [-0.1, -0.05) is 35.9 Å². The van der Waals surface area contributed by atoms with Crippen molar-refractivity contribution in [2.45, 2.75) is 0 Å². The minimum Gasteiger partial charge on any atom is -0.287 e. The van der Waals surface area contributed by atoms with Crippen LogP contribution >= 0.6 is 11.6 Å². The van der Waals surface area contributed by atoms with Gasteiger partial charge in [-0.05, 0) is 24.3 Å². The molecule has 0 saturated heterocycles. The first-order chi connectivity index (χ1) is 8.25. The van der Waals surface area contributed by atoms with E-state index >= 15 is 0 Å². The highest BCUT2D eigenvalue weighted by Gasteiger charge is 2.08. The zero-order chi connectivity index (χ0) is 12.1. The van der Waals surface area contributed by atoms with E-state index in [9.17, 15) is 4.79 Å². The van der Waals surface area contributed by atoms with Crippen molar-refractivity contribution >= 4 is 17.6 Å². The Morgan fingerprint density at radius 2 is 1.76 bits per heavy atom. The van der Waals surface area contributed by atoms with Crippen LogP contribution in [0.3, 0.4) is 0 Å². The van der Waals surface area contributed by atoms with E-state index in [-0.39, 0.29) is 0 Å². The van der Waals surface area contributed by atoms with E-state index in [0.717, 1.165) is 0 Å². The first kappa shape index (κ1) is 11.5. The maximum Gasteiger partial charge on any atom is 0.386 e. The highest BCUT2D eigenvalue weighted by molar-refractivity contribution is 6.30. The minimum atomic E-state index is -0.550. The Hall–Kier alpha value is -2.00. The fourth-order valence-corrected chi connectivity index (χ4v) is 1.41. The predicted molar refractivity (Wildman–Crippen MR) is 63.9 cm³/mol. The molecule has 3 nitrogen and oxygen atoms in total. The molecule has 0 amide bonds. The standard InChI is InChI=1S/C13H9ClO3/c14-11-7-4-8-12(9-11)16-17-13(15)10-5-2-1-3-6-10/h1-9H. The summed E-state index contributed by atoms with van der Waals surface area (Å²) in [5.74, 6) is -0.174. The SMILES string of the molecule is O=C(OOc1cccc(Cl)c1)c1ccccc1. The van der Waals surface area contributed by atoms with E-state index in [1.54, 1.807) is 48.5 Å². The molecule has 4 heteroatoms. The lowest BCUT2D eigenvalue weighted by Gasteiger charge is -2.04. The van der Waals surface area contributed by atoms with Crippen molar-refractivity contribution in [2.24, 2.45) is 0 Å². The van der Waals surface area contributed by atoms with Gasteiger partial charge in [0.25, 0.3) is 0 Å². The molecule has 0 N–H and O–H groups in total. The number of carbonyl (C=O) groups excluding carboxylic acids is 1. The third kappa shape index (κ3) is 3.23. The molecule has 0 aliphatic rings. The fraction of sp³-hybridized carbons (Fsp3) is 0. The zero-order valence-electron chi connectivity index (χ0n) is 8.80. The number of hydrogen-bond donors (Lipinski definition) is 0. The average Bonchev–Trinajstić information content (AvgIpc) is 2.37. The molecule has 17 heavy (non-hydrogen) atoms. The van der Waals surface area contributed by atoms with Crippen LogP contribution in [0.25, 0.3) is 0 Å². The van der Waals surface area contributed by atoms with Crippen LogP contribution in [0.1, 0.15) is 10.4 Å². The van der Waals surface area contributed by atoms with E-state index in [4.69, 9.17) is 16.5 Å². The molecule has 2 rings (SSSR count). The van der Waals surface area contributed by atoms with Crippen molar-refractivity contribution in [1.29, 1.82) is 0 Å². The Morgan fingerprint density at radius 3 is 2.47 bits per heavy atom. The minimum absolute atomic E-state index is 0.377. The van der Waals surface area contributed by atoms with E-state index in [1.165, 1.54) is 0 Å². The smallest absolute Gasteiger partial charge is 0.287 e. The highest BCUT2D eigenvalue weighted by atomic mass is 35.5. The van der Waals surface area contributed by atoms with Crippen LogP contribution in [0, 0.1) is 0 Å². The zero-order valence-corrected chi connectivity index (χ0v) is 9.55. The normalized spacial score (nSPS) is 9.71. The Labute approximate surface area is 103 Å². The van der Waals surface area contributed by atoms with Gasteiger partial charge in [-0.2, -0.15) is 0 Å². The van der Waals surface area contributed by atoms with Gasteiger partial charge in [0, 0.05) is 11.1 Å². The third-order valence-electron chi connectivity index (χ3n) is 2.02. The molecule has 0 radical (unpaired) electrons. The van der Waals surface area contributed by atoms with Gasteiger partial charge in [0.1, 0.15) is 0 Å². The summed E-state index contributed by atoms with van der Waals surface area (Å²) in [6.07, 6.45) is 0.